The molecule has 2 aromatic carbocycles. The molecule has 0 saturated carbocycles. The molecule has 2 N–H and O–H groups in total. The molecule has 2 amide bonds. The zero-order valence-corrected chi connectivity index (χ0v) is 16.7. The zero-order chi connectivity index (χ0) is 20.6. The molecular formula is C20H20N4O4S. The second-order valence-electron chi connectivity index (χ2n) is 5.98. The van der Waals surface area contributed by atoms with Crippen LogP contribution < -0.4 is 20.1 Å². The Morgan fingerprint density at radius 3 is 2.66 bits per heavy atom. The Morgan fingerprint density at radius 1 is 1.17 bits per heavy atom. The van der Waals surface area contributed by atoms with Gasteiger partial charge in [0.05, 0.1) is 20.4 Å². The number of hydrogen-bond acceptors (Lipinski definition) is 7. The van der Waals surface area contributed by atoms with Gasteiger partial charge in [0.1, 0.15) is 5.25 Å². The molecule has 1 aliphatic heterocycles. The molecule has 9 heteroatoms. The normalized spacial score (nSPS) is 17.4. The van der Waals surface area contributed by atoms with Crippen LogP contribution in [0.25, 0.3) is 0 Å². The number of carbonyl (C=O) groups is 2. The van der Waals surface area contributed by atoms with E-state index in [4.69, 9.17) is 9.47 Å². The summed E-state index contributed by atoms with van der Waals surface area (Å²) in [5.74, 6) is 0.695. The van der Waals surface area contributed by atoms with Crippen LogP contribution in [0.2, 0.25) is 0 Å². The molecule has 150 valence electrons. The lowest BCUT2D eigenvalue weighted by Gasteiger charge is -2.07. The fourth-order valence-electron chi connectivity index (χ4n) is 2.57. The molecule has 1 atom stereocenters. The molecule has 1 heterocycles. The average molecular weight is 412 g/mol. The maximum absolute atomic E-state index is 12.1. The number of ether oxygens (including phenoxy) is 2. The second-order valence-corrected chi connectivity index (χ2v) is 7.17. The van der Waals surface area contributed by atoms with Crippen LogP contribution in [0.3, 0.4) is 0 Å². The number of anilines is 1. The van der Waals surface area contributed by atoms with Crippen molar-refractivity contribution >= 4 is 40.6 Å². The summed E-state index contributed by atoms with van der Waals surface area (Å²) in [5.41, 5.74) is 1.45. The van der Waals surface area contributed by atoms with Gasteiger partial charge in [0.15, 0.2) is 16.7 Å². The number of methoxy groups -OCH3 is 2. The first-order valence-electron chi connectivity index (χ1n) is 8.74. The monoisotopic (exact) mass is 412 g/mol. The summed E-state index contributed by atoms with van der Waals surface area (Å²) >= 11 is 1.18. The molecular weight excluding hydrogens is 392 g/mol. The average Bonchev–Trinajstić information content (AvgIpc) is 3.07. The summed E-state index contributed by atoms with van der Waals surface area (Å²) in [5, 5.41) is 13.2. The van der Waals surface area contributed by atoms with E-state index in [1.165, 1.54) is 18.0 Å². The minimum atomic E-state index is -0.547. The maximum Gasteiger partial charge on any atom is 0.240 e. The molecule has 0 unspecified atom stereocenters. The van der Waals surface area contributed by atoms with Crippen LogP contribution in [0.4, 0.5) is 5.69 Å². The minimum Gasteiger partial charge on any atom is -0.493 e. The van der Waals surface area contributed by atoms with Crippen molar-refractivity contribution in [2.45, 2.75) is 11.7 Å². The Balaban J connectivity index is 1.57. The standard InChI is InChI=1S/C20H20N4O4S/c1-27-15-9-8-13(10-16(15)28-2)12-21-24-20-23-19(26)17(29-20)11-18(25)22-14-6-4-3-5-7-14/h3-10,12,17H,11H2,1-2H3,(H,22,25)(H,23,24,26)/b21-12-/t17-/m0/s1. The van der Waals surface area contributed by atoms with E-state index in [9.17, 15) is 9.59 Å². The lowest BCUT2D eigenvalue weighted by atomic mass is 10.2. The van der Waals surface area contributed by atoms with Crippen molar-refractivity contribution < 1.29 is 19.1 Å². The smallest absolute Gasteiger partial charge is 0.240 e. The van der Waals surface area contributed by atoms with Gasteiger partial charge < -0.3 is 20.1 Å². The highest BCUT2D eigenvalue weighted by atomic mass is 32.2. The van der Waals surface area contributed by atoms with E-state index in [-0.39, 0.29) is 18.2 Å². The van der Waals surface area contributed by atoms with Crippen molar-refractivity contribution in [3.8, 4) is 11.5 Å². The number of amides is 2. The summed E-state index contributed by atoms with van der Waals surface area (Å²) in [7, 11) is 3.12. The number of carbonyl (C=O) groups excluding carboxylic acids is 2. The van der Waals surface area contributed by atoms with Crippen molar-refractivity contribution in [1.29, 1.82) is 0 Å². The number of nitrogens with one attached hydrogen (secondary N) is 2. The largest absolute Gasteiger partial charge is 0.493 e. The van der Waals surface area contributed by atoms with Crippen LogP contribution in [0.5, 0.6) is 11.5 Å². The predicted octanol–water partition coefficient (Wildman–Crippen LogP) is 2.65. The van der Waals surface area contributed by atoms with E-state index in [1.807, 2.05) is 24.3 Å². The lowest BCUT2D eigenvalue weighted by molar-refractivity contribution is -0.122. The van der Waals surface area contributed by atoms with E-state index in [0.29, 0.717) is 22.4 Å². The highest BCUT2D eigenvalue weighted by Gasteiger charge is 2.32. The first-order chi connectivity index (χ1) is 14.1. The summed E-state index contributed by atoms with van der Waals surface area (Å²) in [6.07, 6.45) is 1.58. The Labute approximate surface area is 172 Å². The van der Waals surface area contributed by atoms with Gasteiger partial charge in [0, 0.05) is 12.1 Å². The van der Waals surface area contributed by atoms with Crippen LogP contribution in [0.1, 0.15) is 12.0 Å². The van der Waals surface area contributed by atoms with Gasteiger partial charge in [-0.15, -0.1) is 5.10 Å². The Morgan fingerprint density at radius 2 is 1.93 bits per heavy atom. The van der Waals surface area contributed by atoms with Gasteiger partial charge in [-0.05, 0) is 35.9 Å². The maximum atomic E-state index is 12.1. The van der Waals surface area contributed by atoms with Gasteiger partial charge in [-0.1, -0.05) is 30.0 Å². The Kier molecular flexibility index (Phi) is 6.85. The van der Waals surface area contributed by atoms with Crippen molar-refractivity contribution in [1.82, 2.24) is 5.32 Å². The highest BCUT2D eigenvalue weighted by Crippen LogP contribution is 2.27. The van der Waals surface area contributed by atoms with Crippen LogP contribution in [-0.4, -0.2) is 42.7 Å². The van der Waals surface area contributed by atoms with Crippen LogP contribution >= 0.6 is 11.8 Å². The minimum absolute atomic E-state index is 0.0454. The molecule has 0 spiro atoms. The van der Waals surface area contributed by atoms with Crippen molar-refractivity contribution in [3.63, 3.8) is 0 Å². The number of para-hydroxylation sites is 1. The Bertz CT molecular complexity index is 947. The highest BCUT2D eigenvalue weighted by molar-refractivity contribution is 8.15. The molecule has 1 saturated heterocycles. The summed E-state index contributed by atoms with van der Waals surface area (Å²) in [6.45, 7) is 0. The molecule has 3 rings (SSSR count). The van der Waals surface area contributed by atoms with Crippen LogP contribution in [0, 0.1) is 0 Å². The molecule has 0 aromatic heterocycles. The van der Waals surface area contributed by atoms with E-state index in [2.05, 4.69) is 20.8 Å². The molecule has 0 aliphatic carbocycles. The van der Waals surface area contributed by atoms with Crippen LogP contribution in [-0.2, 0) is 9.59 Å². The van der Waals surface area contributed by atoms with Crippen molar-refractivity contribution in [3.05, 3.63) is 54.1 Å². The van der Waals surface area contributed by atoms with Gasteiger partial charge >= 0.3 is 0 Å². The van der Waals surface area contributed by atoms with Crippen molar-refractivity contribution in [2.75, 3.05) is 19.5 Å². The first-order valence-corrected chi connectivity index (χ1v) is 9.62. The molecule has 0 bridgehead atoms. The molecule has 2 aromatic rings. The Hall–Kier alpha value is -3.33. The lowest BCUT2D eigenvalue weighted by Crippen LogP contribution is -2.28. The molecule has 8 nitrogen and oxygen atoms in total. The third kappa shape index (κ3) is 5.58. The van der Waals surface area contributed by atoms with Gasteiger partial charge in [-0.3, -0.25) is 9.59 Å². The second kappa shape index (κ2) is 9.74. The third-order valence-electron chi connectivity index (χ3n) is 3.97. The third-order valence-corrected chi connectivity index (χ3v) is 5.04. The fourth-order valence-corrected chi connectivity index (χ4v) is 3.49. The molecule has 1 fully saturated rings. The first kappa shape index (κ1) is 20.4. The van der Waals surface area contributed by atoms with E-state index >= 15 is 0 Å². The van der Waals surface area contributed by atoms with E-state index in [1.54, 1.807) is 38.5 Å². The van der Waals surface area contributed by atoms with Gasteiger partial charge in [-0.25, -0.2) is 0 Å². The van der Waals surface area contributed by atoms with Gasteiger partial charge in [0.2, 0.25) is 11.8 Å². The molecule has 0 radical (unpaired) electrons. The quantitative estimate of drug-likeness (QED) is 0.538. The summed E-state index contributed by atoms with van der Waals surface area (Å²) in [6, 6.07) is 14.4. The number of rotatable bonds is 7. The van der Waals surface area contributed by atoms with Crippen molar-refractivity contribution in [2.24, 2.45) is 10.2 Å². The SMILES string of the molecule is COc1ccc(/C=N\N=C2/NC(=O)[C@H](CC(=O)Nc3ccccc3)S2)cc1OC. The number of amidine groups is 1. The van der Waals surface area contributed by atoms with E-state index in [0.717, 1.165) is 5.56 Å². The number of nitrogens with zero attached hydrogens (tertiary/aromatic N) is 2. The number of thioether (sulfide) groups is 1. The van der Waals surface area contributed by atoms with E-state index < -0.39 is 5.25 Å². The van der Waals surface area contributed by atoms with Gasteiger partial charge in [-0.2, -0.15) is 5.10 Å². The predicted molar refractivity (Wildman–Crippen MR) is 114 cm³/mol. The number of hydrogen-bond donors (Lipinski definition) is 2. The van der Waals surface area contributed by atoms with Crippen LogP contribution in [0.15, 0.2) is 58.7 Å². The van der Waals surface area contributed by atoms with Gasteiger partial charge in [0.25, 0.3) is 0 Å². The fraction of sp³-hybridized carbons (Fsp3) is 0.200. The topological polar surface area (TPSA) is 101 Å². The summed E-state index contributed by atoms with van der Waals surface area (Å²) in [4.78, 5) is 24.2. The molecule has 1 aliphatic rings. The summed E-state index contributed by atoms with van der Waals surface area (Å²) < 4.78 is 10.4. The number of benzene rings is 2. The zero-order valence-electron chi connectivity index (χ0n) is 15.9. The molecule has 29 heavy (non-hydrogen) atoms.